The van der Waals surface area contributed by atoms with E-state index in [2.05, 4.69) is 15.4 Å². The predicted octanol–water partition coefficient (Wildman–Crippen LogP) is 1.69. The lowest BCUT2D eigenvalue weighted by molar-refractivity contribution is 0.395. The zero-order valence-corrected chi connectivity index (χ0v) is 10.6. The van der Waals surface area contributed by atoms with E-state index in [1.54, 1.807) is 14.2 Å². The highest BCUT2D eigenvalue weighted by Gasteiger charge is 2.13. The molecule has 0 amide bonds. The Morgan fingerprint density at radius 2 is 2.06 bits per heavy atom. The van der Waals surface area contributed by atoms with Crippen molar-refractivity contribution in [1.29, 1.82) is 0 Å². The van der Waals surface area contributed by atoms with Gasteiger partial charge in [0.05, 0.1) is 19.9 Å². The molecule has 6 heteroatoms. The Morgan fingerprint density at radius 1 is 1.28 bits per heavy atom. The number of aromatic nitrogens is 2. The van der Waals surface area contributed by atoms with Crippen molar-refractivity contribution in [2.45, 2.75) is 6.92 Å². The summed E-state index contributed by atoms with van der Waals surface area (Å²) in [4.78, 5) is 7.39. The molecule has 0 spiro atoms. The molecular weight excluding hydrogens is 232 g/mol. The molecule has 2 rings (SSSR count). The van der Waals surface area contributed by atoms with Gasteiger partial charge in [0, 0.05) is 17.3 Å². The number of methoxy groups -OCH3 is 2. The van der Waals surface area contributed by atoms with Crippen molar-refractivity contribution < 1.29 is 9.47 Å². The highest BCUT2D eigenvalue weighted by Crippen LogP contribution is 2.34. The minimum atomic E-state index is 0.514. The molecule has 0 bridgehead atoms. The second-order valence-electron chi connectivity index (χ2n) is 3.77. The number of nitrogens with one attached hydrogen (secondary N) is 2. The maximum Gasteiger partial charge on any atom is 0.215 e. The van der Waals surface area contributed by atoms with Crippen molar-refractivity contribution in [1.82, 2.24) is 9.97 Å². The number of anilines is 1. The average molecular weight is 248 g/mol. The largest absolute Gasteiger partial charge is 0.497 e. The molecule has 0 aliphatic rings. The van der Waals surface area contributed by atoms with Crippen LogP contribution < -0.4 is 20.7 Å². The van der Waals surface area contributed by atoms with E-state index in [-0.39, 0.29) is 0 Å². The van der Waals surface area contributed by atoms with Gasteiger partial charge in [0.1, 0.15) is 11.5 Å². The van der Waals surface area contributed by atoms with Crippen LogP contribution in [-0.4, -0.2) is 24.2 Å². The average Bonchev–Trinajstić information content (AvgIpc) is 2.79. The molecule has 18 heavy (non-hydrogen) atoms. The minimum absolute atomic E-state index is 0.514. The Balaban J connectivity index is 2.52. The molecule has 0 unspecified atom stereocenters. The third kappa shape index (κ3) is 2.10. The number of hydrazine groups is 1. The molecular formula is C12H16N4O2. The van der Waals surface area contributed by atoms with E-state index in [1.165, 1.54) is 0 Å². The monoisotopic (exact) mass is 248 g/mol. The molecule has 6 nitrogen and oxygen atoms in total. The van der Waals surface area contributed by atoms with Crippen molar-refractivity contribution in [3.05, 3.63) is 23.9 Å². The van der Waals surface area contributed by atoms with Gasteiger partial charge in [0.15, 0.2) is 0 Å². The van der Waals surface area contributed by atoms with E-state index in [1.807, 2.05) is 25.1 Å². The van der Waals surface area contributed by atoms with Gasteiger partial charge in [0.2, 0.25) is 5.95 Å². The summed E-state index contributed by atoms with van der Waals surface area (Å²) >= 11 is 0. The lowest BCUT2D eigenvalue weighted by Crippen LogP contribution is -2.07. The van der Waals surface area contributed by atoms with Gasteiger partial charge < -0.3 is 14.5 Å². The van der Waals surface area contributed by atoms with E-state index in [0.717, 1.165) is 22.7 Å². The number of aryl methyl sites for hydroxylation is 1. The third-order valence-corrected chi connectivity index (χ3v) is 2.69. The number of ether oxygens (including phenoxy) is 2. The van der Waals surface area contributed by atoms with Crippen LogP contribution in [0.25, 0.3) is 11.3 Å². The quantitative estimate of drug-likeness (QED) is 0.566. The van der Waals surface area contributed by atoms with Crippen LogP contribution >= 0.6 is 0 Å². The summed E-state index contributed by atoms with van der Waals surface area (Å²) in [6.07, 6.45) is 0. The summed E-state index contributed by atoms with van der Waals surface area (Å²) in [5.41, 5.74) is 5.07. The van der Waals surface area contributed by atoms with Crippen molar-refractivity contribution in [3.8, 4) is 22.8 Å². The lowest BCUT2D eigenvalue weighted by atomic mass is 10.1. The van der Waals surface area contributed by atoms with Crippen LogP contribution in [0.5, 0.6) is 11.5 Å². The fourth-order valence-corrected chi connectivity index (χ4v) is 1.79. The van der Waals surface area contributed by atoms with Crippen LogP contribution in [0.2, 0.25) is 0 Å². The molecule has 0 fully saturated rings. The summed E-state index contributed by atoms with van der Waals surface area (Å²) in [7, 11) is 3.23. The lowest BCUT2D eigenvalue weighted by Gasteiger charge is -2.09. The third-order valence-electron chi connectivity index (χ3n) is 2.69. The highest BCUT2D eigenvalue weighted by molar-refractivity contribution is 5.71. The predicted molar refractivity (Wildman–Crippen MR) is 69.7 cm³/mol. The summed E-state index contributed by atoms with van der Waals surface area (Å²) in [6.45, 7) is 1.92. The molecule has 0 aliphatic heterocycles. The first-order valence-corrected chi connectivity index (χ1v) is 5.45. The zero-order chi connectivity index (χ0) is 13.1. The highest BCUT2D eigenvalue weighted by atomic mass is 16.5. The number of hydrogen-bond donors (Lipinski definition) is 3. The van der Waals surface area contributed by atoms with Gasteiger partial charge in [-0.3, -0.25) is 5.43 Å². The summed E-state index contributed by atoms with van der Waals surface area (Å²) < 4.78 is 10.5. The summed E-state index contributed by atoms with van der Waals surface area (Å²) in [5.74, 6) is 7.28. The van der Waals surface area contributed by atoms with Gasteiger partial charge in [0.25, 0.3) is 0 Å². The van der Waals surface area contributed by atoms with Crippen LogP contribution in [-0.2, 0) is 0 Å². The minimum Gasteiger partial charge on any atom is -0.497 e. The molecule has 1 aromatic carbocycles. The van der Waals surface area contributed by atoms with E-state index in [0.29, 0.717) is 11.7 Å². The Morgan fingerprint density at radius 3 is 2.61 bits per heavy atom. The molecule has 96 valence electrons. The first kappa shape index (κ1) is 12.3. The second-order valence-corrected chi connectivity index (χ2v) is 3.77. The van der Waals surface area contributed by atoms with Gasteiger partial charge in [-0.05, 0) is 19.1 Å². The van der Waals surface area contributed by atoms with Gasteiger partial charge in [-0.2, -0.15) is 0 Å². The maximum atomic E-state index is 5.35. The summed E-state index contributed by atoms with van der Waals surface area (Å²) in [5, 5.41) is 0. The molecule has 0 aliphatic carbocycles. The van der Waals surface area contributed by atoms with Crippen molar-refractivity contribution >= 4 is 5.95 Å². The van der Waals surface area contributed by atoms with E-state index >= 15 is 0 Å². The summed E-state index contributed by atoms with van der Waals surface area (Å²) in [6, 6.07) is 5.58. The molecule has 0 atom stereocenters. The number of hydrogen-bond acceptors (Lipinski definition) is 5. The molecule has 0 saturated heterocycles. The number of rotatable bonds is 4. The topological polar surface area (TPSA) is 85.2 Å². The van der Waals surface area contributed by atoms with Gasteiger partial charge in [-0.15, -0.1) is 0 Å². The van der Waals surface area contributed by atoms with Crippen molar-refractivity contribution in [2.75, 3.05) is 19.6 Å². The number of aromatic amines is 1. The number of benzene rings is 1. The van der Waals surface area contributed by atoms with Crippen LogP contribution in [0.3, 0.4) is 0 Å². The maximum absolute atomic E-state index is 5.35. The van der Waals surface area contributed by atoms with Crippen molar-refractivity contribution in [2.24, 2.45) is 5.84 Å². The second kappa shape index (κ2) is 4.97. The Kier molecular flexibility index (Phi) is 3.38. The molecule has 0 radical (unpaired) electrons. The number of H-pyrrole nitrogens is 1. The first-order chi connectivity index (χ1) is 8.69. The number of nitrogens with two attached hydrogens (primary N) is 1. The molecule has 4 N–H and O–H groups in total. The molecule has 2 aromatic rings. The van der Waals surface area contributed by atoms with Crippen molar-refractivity contribution in [3.63, 3.8) is 0 Å². The SMILES string of the molecule is COc1ccc(-c2nc(NN)[nH]c2C)c(OC)c1. The Bertz CT molecular complexity index is 551. The number of nitrogens with zero attached hydrogens (tertiary/aromatic N) is 1. The fourth-order valence-electron chi connectivity index (χ4n) is 1.79. The van der Waals surface area contributed by atoms with Gasteiger partial charge in [-0.1, -0.05) is 0 Å². The van der Waals surface area contributed by atoms with E-state index < -0.39 is 0 Å². The van der Waals surface area contributed by atoms with Gasteiger partial charge in [-0.25, -0.2) is 10.8 Å². The van der Waals surface area contributed by atoms with Crippen LogP contribution in [0.4, 0.5) is 5.95 Å². The molecule has 1 heterocycles. The Labute approximate surface area is 105 Å². The van der Waals surface area contributed by atoms with E-state index in [9.17, 15) is 0 Å². The van der Waals surface area contributed by atoms with Crippen LogP contribution in [0, 0.1) is 6.92 Å². The van der Waals surface area contributed by atoms with Crippen LogP contribution in [0.15, 0.2) is 18.2 Å². The standard InChI is InChI=1S/C12H16N4O2/c1-7-11(15-12(14-7)16-13)9-5-4-8(17-2)6-10(9)18-3/h4-6H,13H2,1-3H3,(H2,14,15,16). The normalized spacial score (nSPS) is 10.2. The molecule has 0 saturated carbocycles. The van der Waals surface area contributed by atoms with E-state index in [4.69, 9.17) is 15.3 Å². The Hall–Kier alpha value is -2.21. The molecule has 1 aromatic heterocycles. The zero-order valence-electron chi connectivity index (χ0n) is 10.6. The number of imidazole rings is 1. The fraction of sp³-hybridized carbons (Fsp3) is 0.250. The van der Waals surface area contributed by atoms with Gasteiger partial charge >= 0.3 is 0 Å². The first-order valence-electron chi connectivity index (χ1n) is 5.45. The van der Waals surface area contributed by atoms with Crippen LogP contribution in [0.1, 0.15) is 5.69 Å². The smallest absolute Gasteiger partial charge is 0.215 e. The number of nitrogen functional groups attached to an aromatic ring is 1.